The van der Waals surface area contributed by atoms with Crippen molar-refractivity contribution < 1.29 is 37.8 Å². The molecule has 0 saturated heterocycles. The molecule has 9 aromatic carbocycles. The molecule has 4 aromatic heterocycles. The maximum atomic E-state index is 9.61. The van der Waals surface area contributed by atoms with Crippen LogP contribution in [0.3, 0.4) is 0 Å². The molecule has 0 aliphatic heterocycles. The molecule has 4 heterocycles. The normalized spacial score (nSPS) is 14.1. The van der Waals surface area contributed by atoms with Crippen LogP contribution in [0, 0.1) is 3.80 Å². The van der Waals surface area contributed by atoms with Gasteiger partial charge in [-0.1, -0.05) is 32.9 Å². The first-order valence-electron chi connectivity index (χ1n) is 29.9. The van der Waals surface area contributed by atoms with Crippen molar-refractivity contribution in [3.63, 3.8) is 0 Å². The van der Waals surface area contributed by atoms with Gasteiger partial charge in [0.2, 0.25) is 0 Å². The Kier molecular flexibility index (Phi) is 8.76. The van der Waals surface area contributed by atoms with Crippen LogP contribution in [0.4, 0.5) is 0 Å². The van der Waals surface area contributed by atoms with Crippen LogP contribution in [0.15, 0.2) is 224 Å². The summed E-state index contributed by atoms with van der Waals surface area (Å²) >= 11 is 2.22. The third kappa shape index (κ3) is 7.90. The average molecular weight is 1160 g/mol. The third-order valence-corrected chi connectivity index (χ3v) is 15.1. The molecule has 13 rings (SSSR count). The Balaban J connectivity index is 1.08. The maximum absolute atomic E-state index is 9.61. The Morgan fingerprint density at radius 3 is 1.56 bits per heavy atom. The van der Waals surface area contributed by atoms with Gasteiger partial charge in [0, 0.05) is 6.20 Å². The zero-order valence-corrected chi connectivity index (χ0v) is 44.3. The van der Waals surface area contributed by atoms with Crippen LogP contribution in [0.25, 0.3) is 99.8 Å². The van der Waals surface area contributed by atoms with E-state index in [1.165, 1.54) is 0 Å². The number of ether oxygens (including phenoxy) is 1. The number of para-hydroxylation sites is 5. The van der Waals surface area contributed by atoms with Gasteiger partial charge in [0.05, 0.1) is 0 Å². The van der Waals surface area contributed by atoms with Crippen molar-refractivity contribution in [3.05, 3.63) is 239 Å². The van der Waals surface area contributed by atoms with Gasteiger partial charge in [-0.2, -0.15) is 0 Å². The van der Waals surface area contributed by atoms with E-state index in [0.717, 1.165) is 60.6 Å². The first-order chi connectivity index (χ1) is 40.5. The zero-order valence-electron chi connectivity index (χ0n) is 52.0. The van der Waals surface area contributed by atoms with Crippen LogP contribution in [0.5, 0.6) is 11.5 Å². The van der Waals surface area contributed by atoms with Gasteiger partial charge in [0.15, 0.2) is 0 Å². The molecule has 0 bridgehead atoms. The van der Waals surface area contributed by atoms with E-state index in [-0.39, 0.29) is 38.8 Å². The number of aromatic nitrogens is 5. The fourth-order valence-electron chi connectivity index (χ4n) is 10.6. The van der Waals surface area contributed by atoms with Crippen LogP contribution in [0.1, 0.15) is 66.4 Å². The molecule has 0 aliphatic carbocycles. The number of hydrogen-bond donors (Lipinski definition) is 0. The molecule has 0 saturated carbocycles. The summed E-state index contributed by atoms with van der Waals surface area (Å²) in [6.45, 7) is 13.1. The minimum atomic E-state index is -0.578. The van der Waals surface area contributed by atoms with E-state index < -0.39 is 60.4 Å². The Bertz CT molecular complexity index is 4860. The quantitative estimate of drug-likeness (QED) is 0.152. The molecule has 0 fully saturated rings. The Labute approximate surface area is 461 Å². The van der Waals surface area contributed by atoms with E-state index in [0.29, 0.717) is 37.7 Å². The molecule has 0 amide bonds. The summed E-state index contributed by atoms with van der Waals surface area (Å²) in [5.74, 6) is 1.99. The molecule has 0 atom stereocenters. The second-order valence-electron chi connectivity index (χ2n) is 20.9. The van der Waals surface area contributed by atoms with E-state index in [2.05, 4.69) is 108 Å². The average Bonchev–Trinajstić information content (AvgIpc) is 1.93. The third-order valence-electron chi connectivity index (χ3n) is 14.1. The van der Waals surface area contributed by atoms with Gasteiger partial charge in [-0.05, 0) is 17.0 Å². The first-order valence-corrected chi connectivity index (χ1v) is 26.0. The summed E-state index contributed by atoms with van der Waals surface area (Å²) in [5, 5.41) is 4.00. The van der Waals surface area contributed by atoms with E-state index in [1.807, 2.05) is 123 Å². The van der Waals surface area contributed by atoms with E-state index in [9.17, 15) is 5.48 Å². The molecule has 0 aliphatic rings. The monoisotopic (exact) mass is 1160 g/mol. The number of benzene rings is 9. The number of rotatable bonds is 8. The van der Waals surface area contributed by atoms with Crippen molar-refractivity contribution in [1.29, 1.82) is 0 Å². The summed E-state index contributed by atoms with van der Waals surface area (Å²) in [6, 6.07) is 46.3. The van der Waals surface area contributed by atoms with E-state index in [1.54, 1.807) is 12.1 Å². The molecular weight excluding hydrogens is 1100 g/mol. The Morgan fingerprint density at radius 2 is 0.987 bits per heavy atom. The number of pyridine rings is 1. The molecule has 0 radical (unpaired) electrons. The first kappa shape index (κ1) is 36.6. The molecule has 6 nitrogen and oxygen atoms in total. The Hall–Kier alpha value is -8.31. The summed E-state index contributed by atoms with van der Waals surface area (Å²) < 4.78 is 108. The SMILES string of the molecule is [2H]c1c([2H])c([2H])c(-c2cc(-n3c4ccccc4c4ccccc43)cc(-c3c([2H])c([2H])c([2H])c([2H])c3[2H])c2-n2[c](=[Pt])n(-c3cccc(Oc4cc5c(cc4C(C)(C)C)c4ccccc4n5-c4cc(C(C)(C)C)ccn4)c3)c3ccccc32)c([2H])c1[2H]. The predicted octanol–water partition coefficient (Wildman–Crippen LogP) is 17.8. The zero-order chi connectivity index (χ0) is 59.9. The van der Waals surface area contributed by atoms with Gasteiger partial charge in [-0.3, -0.25) is 0 Å². The van der Waals surface area contributed by atoms with Gasteiger partial charge in [0.1, 0.15) is 0 Å². The van der Waals surface area contributed by atoms with Crippen LogP contribution in [-0.4, -0.2) is 23.3 Å². The van der Waals surface area contributed by atoms with Crippen molar-refractivity contribution in [2.24, 2.45) is 0 Å². The van der Waals surface area contributed by atoms with Crippen molar-refractivity contribution in [1.82, 2.24) is 23.3 Å². The molecule has 0 unspecified atom stereocenters. The van der Waals surface area contributed by atoms with E-state index >= 15 is 0 Å². The van der Waals surface area contributed by atoms with Gasteiger partial charge >= 0.3 is 408 Å². The predicted molar refractivity (Wildman–Crippen MR) is 307 cm³/mol. The number of nitrogens with zero attached hydrogens (tertiary/aromatic N) is 5. The summed E-state index contributed by atoms with van der Waals surface area (Å²) in [5.41, 5.74) is 7.88. The van der Waals surface area contributed by atoms with Crippen molar-refractivity contribution in [2.75, 3.05) is 0 Å². The van der Waals surface area contributed by atoms with Crippen molar-refractivity contribution >= 4 is 54.6 Å². The van der Waals surface area contributed by atoms with Crippen LogP contribution in [0.2, 0.25) is 0 Å². The topological polar surface area (TPSA) is 41.8 Å². The molecule has 75 heavy (non-hydrogen) atoms. The molecule has 0 spiro atoms. The number of imidazole rings is 1. The van der Waals surface area contributed by atoms with Gasteiger partial charge in [-0.15, -0.1) is 0 Å². The molecule has 368 valence electrons. The standard InChI is InChI=1S/C68H55N5O.Pt/c1-67(2,3)47-36-37-69-65(38-47)73-60-33-18-15-30-53(60)56-42-57(68(4,5)6)64(43-63(56)73)74-50-27-21-26-48(39-50)70-44-71(62-35-20-19-34-61(62)70)66-54(45-22-9-7-10-23-45)40-49(41-55(66)46-24-11-8-12-25-46)72-58-31-16-13-28-51(58)52-29-14-17-32-59(52)72;/h7-43H,1-6H3;/i7D,8D,9D,10D,11D,12D,22D,23D,24D,25D;. The second kappa shape index (κ2) is 18.0. The molecule has 7 heteroatoms. The Morgan fingerprint density at radius 1 is 0.453 bits per heavy atom. The van der Waals surface area contributed by atoms with Gasteiger partial charge in [0.25, 0.3) is 0 Å². The second-order valence-corrected chi connectivity index (χ2v) is 21.9. The van der Waals surface area contributed by atoms with Crippen molar-refractivity contribution in [2.45, 2.75) is 52.4 Å². The van der Waals surface area contributed by atoms with Gasteiger partial charge in [-0.25, -0.2) is 0 Å². The van der Waals surface area contributed by atoms with Gasteiger partial charge < -0.3 is 0 Å². The fraction of sp³-hybridized carbons (Fsp3) is 0.118. The fourth-order valence-corrected chi connectivity index (χ4v) is 11.7. The van der Waals surface area contributed by atoms with Crippen LogP contribution < -0.4 is 4.74 Å². The van der Waals surface area contributed by atoms with Crippen LogP contribution >= 0.6 is 0 Å². The van der Waals surface area contributed by atoms with Crippen molar-refractivity contribution in [3.8, 4) is 56.6 Å². The molecule has 13 aromatic rings. The van der Waals surface area contributed by atoms with E-state index in [4.69, 9.17) is 17.9 Å². The van der Waals surface area contributed by atoms with Crippen LogP contribution in [-0.2, 0) is 30.2 Å². The number of fused-ring (bicyclic) bond motifs is 7. The summed E-state index contributed by atoms with van der Waals surface area (Å²) in [7, 11) is 0. The molecule has 0 N–H and O–H groups in total. The minimum absolute atomic E-state index is 0.115. The number of hydrogen-bond acceptors (Lipinski definition) is 2. The summed E-state index contributed by atoms with van der Waals surface area (Å²) in [4.78, 5) is 4.93. The summed E-state index contributed by atoms with van der Waals surface area (Å²) in [6.07, 6.45) is 1.87. The molecular formula is C68H55N5OPt.